The van der Waals surface area contributed by atoms with Crippen LogP contribution in [0, 0.1) is 31.1 Å². The van der Waals surface area contributed by atoms with Gasteiger partial charge in [0.05, 0.1) is 28.6 Å². The van der Waals surface area contributed by atoms with Gasteiger partial charge < -0.3 is 0 Å². The molecule has 0 saturated heterocycles. The van der Waals surface area contributed by atoms with E-state index in [4.69, 9.17) is 10.2 Å². The molecule has 126 valence electrons. The number of hydrogen-bond acceptors (Lipinski definition) is 4. The standard InChI is InChI=1S/C20H19N3OS/c1-13(11-21)12-25-20-22-17-10-5-4-9-16(17)19(24)23(20)18-14(2)7-6-8-15(18)3/h4-10,13H,12H2,1-3H3/t13-/m1/s1. The zero-order valence-electron chi connectivity index (χ0n) is 14.5. The predicted molar refractivity (Wildman–Crippen MR) is 102 cm³/mol. The maximum absolute atomic E-state index is 13.2. The summed E-state index contributed by atoms with van der Waals surface area (Å²) in [6.07, 6.45) is 0. The molecule has 2 aromatic carbocycles. The van der Waals surface area contributed by atoms with E-state index in [0.717, 1.165) is 16.8 Å². The normalized spacial score (nSPS) is 12.1. The lowest BCUT2D eigenvalue weighted by Crippen LogP contribution is -2.23. The summed E-state index contributed by atoms with van der Waals surface area (Å²) in [5.41, 5.74) is 3.53. The zero-order chi connectivity index (χ0) is 18.0. The Morgan fingerprint density at radius 1 is 1.16 bits per heavy atom. The molecule has 0 aliphatic heterocycles. The van der Waals surface area contributed by atoms with Gasteiger partial charge in [-0.2, -0.15) is 5.26 Å². The number of aryl methyl sites for hydroxylation is 2. The van der Waals surface area contributed by atoms with E-state index in [2.05, 4.69) is 6.07 Å². The van der Waals surface area contributed by atoms with Crippen LogP contribution in [0.4, 0.5) is 0 Å². The molecule has 0 aliphatic carbocycles. The molecule has 1 atom stereocenters. The minimum Gasteiger partial charge on any atom is -0.268 e. The van der Waals surface area contributed by atoms with Crippen LogP contribution in [-0.4, -0.2) is 15.3 Å². The molecule has 3 aromatic rings. The first kappa shape index (κ1) is 17.2. The number of thioether (sulfide) groups is 1. The van der Waals surface area contributed by atoms with Gasteiger partial charge in [0.2, 0.25) is 0 Å². The first-order valence-electron chi connectivity index (χ1n) is 8.13. The van der Waals surface area contributed by atoms with Crippen LogP contribution in [0.5, 0.6) is 0 Å². The molecule has 0 amide bonds. The third-order valence-corrected chi connectivity index (χ3v) is 5.29. The lowest BCUT2D eigenvalue weighted by molar-refractivity contribution is 0.799. The summed E-state index contributed by atoms with van der Waals surface area (Å²) < 4.78 is 1.70. The molecule has 3 rings (SSSR count). The molecular formula is C20H19N3OS. The Morgan fingerprint density at radius 3 is 2.52 bits per heavy atom. The molecule has 25 heavy (non-hydrogen) atoms. The lowest BCUT2D eigenvalue weighted by Gasteiger charge is -2.17. The first-order valence-corrected chi connectivity index (χ1v) is 9.12. The second kappa shape index (κ2) is 7.12. The Kier molecular flexibility index (Phi) is 4.91. The molecule has 0 fully saturated rings. The van der Waals surface area contributed by atoms with Gasteiger partial charge in [0.15, 0.2) is 5.16 Å². The molecule has 5 heteroatoms. The van der Waals surface area contributed by atoms with Crippen LogP contribution >= 0.6 is 11.8 Å². The van der Waals surface area contributed by atoms with Crippen LogP contribution in [0.15, 0.2) is 52.4 Å². The largest absolute Gasteiger partial charge is 0.268 e. The molecule has 0 spiro atoms. The molecule has 0 saturated carbocycles. The molecule has 1 aromatic heterocycles. The third kappa shape index (κ3) is 3.31. The maximum Gasteiger partial charge on any atom is 0.266 e. The minimum atomic E-state index is -0.111. The van der Waals surface area contributed by atoms with Gasteiger partial charge in [-0.1, -0.05) is 42.1 Å². The average molecular weight is 349 g/mol. The summed E-state index contributed by atoms with van der Waals surface area (Å²) in [5, 5.41) is 10.3. The number of nitriles is 1. The average Bonchev–Trinajstić information content (AvgIpc) is 2.61. The van der Waals surface area contributed by atoms with Crippen molar-refractivity contribution in [2.75, 3.05) is 5.75 Å². The fraction of sp³-hybridized carbons (Fsp3) is 0.250. The molecule has 0 N–H and O–H groups in total. The number of para-hydroxylation sites is 2. The monoisotopic (exact) mass is 349 g/mol. The Balaban J connectivity index is 2.29. The van der Waals surface area contributed by atoms with Gasteiger partial charge in [0.1, 0.15) is 0 Å². The second-order valence-corrected chi connectivity index (χ2v) is 7.12. The van der Waals surface area contributed by atoms with Crippen molar-refractivity contribution in [1.82, 2.24) is 9.55 Å². The highest BCUT2D eigenvalue weighted by molar-refractivity contribution is 7.99. The fourth-order valence-electron chi connectivity index (χ4n) is 2.80. The second-order valence-electron chi connectivity index (χ2n) is 6.13. The Morgan fingerprint density at radius 2 is 1.84 bits per heavy atom. The Labute approximate surface area is 151 Å². The summed E-state index contributed by atoms with van der Waals surface area (Å²) in [7, 11) is 0. The minimum absolute atomic E-state index is 0.0740. The fourth-order valence-corrected chi connectivity index (χ4v) is 3.74. The van der Waals surface area contributed by atoms with Gasteiger partial charge in [-0.15, -0.1) is 0 Å². The highest BCUT2D eigenvalue weighted by atomic mass is 32.2. The van der Waals surface area contributed by atoms with Crippen LogP contribution in [0.25, 0.3) is 16.6 Å². The van der Waals surface area contributed by atoms with E-state index in [1.807, 2.05) is 57.2 Å². The van der Waals surface area contributed by atoms with E-state index < -0.39 is 0 Å². The van der Waals surface area contributed by atoms with Crippen molar-refractivity contribution in [3.05, 3.63) is 63.9 Å². The van der Waals surface area contributed by atoms with E-state index in [9.17, 15) is 4.79 Å². The van der Waals surface area contributed by atoms with Crippen molar-refractivity contribution in [2.45, 2.75) is 25.9 Å². The number of hydrogen-bond donors (Lipinski definition) is 0. The van der Waals surface area contributed by atoms with Gasteiger partial charge in [-0.05, 0) is 44.0 Å². The molecular weight excluding hydrogens is 330 g/mol. The molecule has 0 aliphatic rings. The van der Waals surface area contributed by atoms with E-state index in [-0.39, 0.29) is 11.5 Å². The molecule has 0 unspecified atom stereocenters. The third-order valence-electron chi connectivity index (χ3n) is 4.09. The van der Waals surface area contributed by atoms with Gasteiger partial charge >= 0.3 is 0 Å². The Bertz CT molecular complexity index is 1010. The summed E-state index contributed by atoms with van der Waals surface area (Å²) in [5.74, 6) is 0.478. The number of benzene rings is 2. The van der Waals surface area contributed by atoms with E-state index in [1.165, 1.54) is 11.8 Å². The van der Waals surface area contributed by atoms with Gasteiger partial charge in [0, 0.05) is 5.75 Å². The van der Waals surface area contributed by atoms with E-state index in [1.54, 1.807) is 10.6 Å². The number of rotatable bonds is 4. The van der Waals surface area contributed by atoms with Crippen LogP contribution in [0.3, 0.4) is 0 Å². The topological polar surface area (TPSA) is 58.7 Å². The van der Waals surface area contributed by atoms with Crippen molar-refractivity contribution in [3.8, 4) is 11.8 Å². The molecule has 0 bridgehead atoms. The zero-order valence-corrected chi connectivity index (χ0v) is 15.3. The Hall–Kier alpha value is -2.58. The molecule has 1 heterocycles. The SMILES string of the molecule is Cc1cccc(C)c1-n1c(SC[C@H](C)C#N)nc2ccccc2c1=O. The van der Waals surface area contributed by atoms with E-state index >= 15 is 0 Å². The first-order chi connectivity index (χ1) is 12.0. The summed E-state index contributed by atoms with van der Waals surface area (Å²) in [6, 6.07) is 15.6. The van der Waals surface area contributed by atoms with Gasteiger partial charge in [-0.3, -0.25) is 9.36 Å². The number of nitrogens with zero attached hydrogens (tertiary/aromatic N) is 3. The lowest BCUT2D eigenvalue weighted by atomic mass is 10.1. The summed E-state index contributed by atoms with van der Waals surface area (Å²) in [4.78, 5) is 17.9. The van der Waals surface area contributed by atoms with Gasteiger partial charge in [0.25, 0.3) is 5.56 Å². The maximum atomic E-state index is 13.2. The number of aromatic nitrogens is 2. The quantitative estimate of drug-likeness (QED) is 0.522. The van der Waals surface area contributed by atoms with Crippen LogP contribution in [-0.2, 0) is 0 Å². The van der Waals surface area contributed by atoms with Crippen molar-refractivity contribution in [2.24, 2.45) is 5.92 Å². The molecule has 4 nitrogen and oxygen atoms in total. The summed E-state index contributed by atoms with van der Waals surface area (Å²) >= 11 is 1.45. The van der Waals surface area contributed by atoms with Crippen molar-refractivity contribution < 1.29 is 0 Å². The highest BCUT2D eigenvalue weighted by Crippen LogP contribution is 2.26. The van der Waals surface area contributed by atoms with Crippen LogP contribution < -0.4 is 5.56 Å². The predicted octanol–water partition coefficient (Wildman–Crippen LogP) is 4.25. The van der Waals surface area contributed by atoms with E-state index in [0.29, 0.717) is 21.8 Å². The number of fused-ring (bicyclic) bond motifs is 1. The van der Waals surface area contributed by atoms with Crippen molar-refractivity contribution >= 4 is 22.7 Å². The van der Waals surface area contributed by atoms with Crippen LogP contribution in [0.2, 0.25) is 0 Å². The van der Waals surface area contributed by atoms with Crippen LogP contribution in [0.1, 0.15) is 18.1 Å². The molecule has 0 radical (unpaired) electrons. The van der Waals surface area contributed by atoms with Crippen molar-refractivity contribution in [1.29, 1.82) is 5.26 Å². The van der Waals surface area contributed by atoms with Crippen molar-refractivity contribution in [3.63, 3.8) is 0 Å². The summed E-state index contributed by atoms with van der Waals surface area (Å²) in [6.45, 7) is 5.86. The highest BCUT2D eigenvalue weighted by Gasteiger charge is 2.17. The smallest absolute Gasteiger partial charge is 0.266 e. The van der Waals surface area contributed by atoms with Gasteiger partial charge in [-0.25, -0.2) is 4.98 Å².